The molecule has 174 valence electrons. The Morgan fingerprint density at radius 3 is 2.44 bits per heavy atom. The quantitative estimate of drug-likeness (QED) is 0.433. The molecule has 2 aromatic heterocycles. The number of anilines is 1. The van der Waals surface area contributed by atoms with E-state index in [1.807, 2.05) is 29.2 Å². The minimum atomic E-state index is -0.389. The van der Waals surface area contributed by atoms with Gasteiger partial charge in [-0.3, -0.25) is 14.2 Å². The van der Waals surface area contributed by atoms with Crippen molar-refractivity contribution in [3.05, 3.63) is 76.1 Å². The molecule has 0 radical (unpaired) electrons. The molecule has 1 saturated heterocycles. The Morgan fingerprint density at radius 2 is 1.74 bits per heavy atom. The number of hydrogen-bond donors (Lipinski definition) is 0. The average molecular weight is 482 g/mol. The van der Waals surface area contributed by atoms with Gasteiger partial charge in [0, 0.05) is 55.4 Å². The Bertz CT molecular complexity index is 1380. The number of benzene rings is 2. The first kappa shape index (κ1) is 22.1. The zero-order valence-corrected chi connectivity index (χ0v) is 18.9. The van der Waals surface area contributed by atoms with Crippen LogP contribution in [-0.4, -0.2) is 51.7 Å². The molecule has 0 spiro atoms. The largest absolute Gasteiger partial charge is 0.368 e. The maximum atomic E-state index is 13.3. The van der Waals surface area contributed by atoms with Gasteiger partial charge in [0.1, 0.15) is 23.2 Å². The summed E-state index contributed by atoms with van der Waals surface area (Å²) in [6, 6.07) is 13.3. The van der Waals surface area contributed by atoms with E-state index in [2.05, 4.69) is 15.0 Å². The van der Waals surface area contributed by atoms with Crippen LogP contribution in [0.2, 0.25) is 5.02 Å². The average Bonchev–Trinajstić information content (AvgIpc) is 3.29. The maximum absolute atomic E-state index is 13.3. The number of amides is 1. The van der Waals surface area contributed by atoms with Crippen molar-refractivity contribution in [2.24, 2.45) is 0 Å². The van der Waals surface area contributed by atoms with Gasteiger partial charge in [0.15, 0.2) is 0 Å². The van der Waals surface area contributed by atoms with E-state index in [0.29, 0.717) is 29.4 Å². The number of hydrogen-bond acceptors (Lipinski definition) is 6. The van der Waals surface area contributed by atoms with Gasteiger partial charge in [-0.1, -0.05) is 16.8 Å². The highest BCUT2D eigenvalue weighted by Crippen LogP contribution is 2.24. The van der Waals surface area contributed by atoms with E-state index in [-0.39, 0.29) is 41.3 Å². The molecule has 0 atom stereocenters. The highest BCUT2D eigenvalue weighted by atomic mass is 35.5. The summed E-state index contributed by atoms with van der Waals surface area (Å²) in [7, 11) is 0. The van der Waals surface area contributed by atoms with Crippen LogP contribution in [-0.2, 0) is 11.3 Å². The van der Waals surface area contributed by atoms with Crippen molar-refractivity contribution in [1.29, 1.82) is 0 Å². The summed E-state index contributed by atoms with van der Waals surface area (Å²) in [6.07, 6.45) is 1.53. The molecule has 0 saturated carbocycles. The third-order valence-corrected chi connectivity index (χ3v) is 6.22. The predicted octanol–water partition coefficient (Wildman–Crippen LogP) is 3.58. The monoisotopic (exact) mass is 481 g/mol. The summed E-state index contributed by atoms with van der Waals surface area (Å²) in [5.74, 6) is -0.411. The Labute approximate surface area is 199 Å². The lowest BCUT2D eigenvalue weighted by Gasteiger charge is -2.36. The number of nitrogens with zero attached hydrogens (tertiary/aromatic N) is 5. The number of rotatable bonds is 5. The topological polar surface area (TPSA) is 84.5 Å². The van der Waals surface area contributed by atoms with Gasteiger partial charge in [-0.25, -0.2) is 9.37 Å². The lowest BCUT2D eigenvalue weighted by molar-refractivity contribution is -0.131. The lowest BCUT2D eigenvalue weighted by atomic mass is 10.1. The van der Waals surface area contributed by atoms with Crippen molar-refractivity contribution in [3.8, 4) is 11.3 Å². The van der Waals surface area contributed by atoms with Crippen LogP contribution in [0.25, 0.3) is 22.4 Å². The molecule has 1 aliphatic rings. The summed E-state index contributed by atoms with van der Waals surface area (Å²) in [5, 5.41) is 4.84. The number of carbonyl (C=O) groups is 1. The number of aromatic nitrogens is 3. The summed E-state index contributed by atoms with van der Waals surface area (Å²) >= 11 is 5.96. The highest BCUT2D eigenvalue weighted by molar-refractivity contribution is 6.30. The van der Waals surface area contributed by atoms with Gasteiger partial charge >= 0.3 is 0 Å². The van der Waals surface area contributed by atoms with E-state index >= 15 is 0 Å². The molecule has 5 rings (SSSR count). The highest BCUT2D eigenvalue weighted by Gasteiger charge is 2.22. The minimum Gasteiger partial charge on any atom is -0.368 e. The van der Waals surface area contributed by atoms with Crippen molar-refractivity contribution >= 4 is 34.3 Å². The van der Waals surface area contributed by atoms with Gasteiger partial charge < -0.3 is 14.3 Å². The Kier molecular flexibility index (Phi) is 6.02. The number of carbonyl (C=O) groups excluding carboxylic acids is 1. The number of halogens is 2. The van der Waals surface area contributed by atoms with Gasteiger partial charge in [0.25, 0.3) is 11.3 Å². The van der Waals surface area contributed by atoms with E-state index in [0.717, 1.165) is 18.8 Å². The molecular weight excluding hydrogens is 461 g/mol. The predicted molar refractivity (Wildman–Crippen MR) is 126 cm³/mol. The zero-order valence-electron chi connectivity index (χ0n) is 18.2. The van der Waals surface area contributed by atoms with Gasteiger partial charge in [0.05, 0.1) is 0 Å². The molecule has 34 heavy (non-hydrogen) atoms. The second-order valence-electron chi connectivity index (χ2n) is 8.06. The van der Waals surface area contributed by atoms with Crippen LogP contribution in [0.5, 0.6) is 0 Å². The summed E-state index contributed by atoms with van der Waals surface area (Å²) < 4.78 is 19.8. The van der Waals surface area contributed by atoms with E-state index in [9.17, 15) is 14.0 Å². The van der Waals surface area contributed by atoms with Crippen LogP contribution in [0.1, 0.15) is 6.42 Å². The van der Waals surface area contributed by atoms with Crippen molar-refractivity contribution in [1.82, 2.24) is 19.6 Å². The molecule has 8 nitrogen and oxygen atoms in total. The molecule has 2 aromatic carbocycles. The van der Waals surface area contributed by atoms with E-state index in [1.165, 1.54) is 35.2 Å². The van der Waals surface area contributed by atoms with Crippen molar-refractivity contribution in [3.63, 3.8) is 0 Å². The SMILES string of the molecule is O=C(CCn1cnc2onc(-c3ccc(F)cc3)c2c1=O)N1CCN(c2ccc(Cl)cc2)CC1. The van der Waals surface area contributed by atoms with Crippen molar-refractivity contribution < 1.29 is 13.7 Å². The molecule has 0 aliphatic carbocycles. The fraction of sp³-hybridized carbons (Fsp3) is 0.250. The Balaban J connectivity index is 1.25. The molecule has 4 aromatic rings. The molecule has 0 N–H and O–H groups in total. The molecule has 1 amide bonds. The fourth-order valence-electron chi connectivity index (χ4n) is 4.08. The summed E-state index contributed by atoms with van der Waals surface area (Å²) in [4.78, 5) is 34.1. The zero-order chi connectivity index (χ0) is 23.7. The third kappa shape index (κ3) is 4.38. The second kappa shape index (κ2) is 9.26. The van der Waals surface area contributed by atoms with Crippen LogP contribution < -0.4 is 10.5 Å². The number of fused-ring (bicyclic) bond motifs is 1. The molecular formula is C24H21ClFN5O3. The molecule has 1 fully saturated rings. The maximum Gasteiger partial charge on any atom is 0.266 e. The molecule has 1 aliphatic heterocycles. The van der Waals surface area contributed by atoms with Crippen LogP contribution in [0.4, 0.5) is 10.1 Å². The lowest BCUT2D eigenvalue weighted by Crippen LogP contribution is -2.49. The molecule has 0 bridgehead atoms. The van der Waals surface area contributed by atoms with Crippen LogP contribution in [0.3, 0.4) is 0 Å². The Hall–Kier alpha value is -3.72. The van der Waals surface area contributed by atoms with Crippen LogP contribution in [0.15, 0.2) is 64.2 Å². The number of piperazine rings is 1. The minimum absolute atomic E-state index is 0.0215. The van der Waals surface area contributed by atoms with E-state index in [4.69, 9.17) is 16.1 Å². The first-order chi connectivity index (χ1) is 16.5. The summed E-state index contributed by atoms with van der Waals surface area (Å²) in [6.45, 7) is 2.85. The second-order valence-corrected chi connectivity index (χ2v) is 8.49. The van der Waals surface area contributed by atoms with Crippen molar-refractivity contribution in [2.75, 3.05) is 31.1 Å². The standard InChI is InChI=1S/C24H21ClFN5O3/c25-17-3-7-19(8-4-17)29-11-13-30(14-12-29)20(32)9-10-31-15-27-23-21(24(31)33)22(28-34-23)16-1-5-18(26)6-2-16/h1-8,15H,9-14H2. The first-order valence-corrected chi connectivity index (χ1v) is 11.3. The normalized spacial score (nSPS) is 14.1. The molecule has 0 unspecified atom stereocenters. The summed E-state index contributed by atoms with van der Waals surface area (Å²) in [5.41, 5.74) is 1.67. The van der Waals surface area contributed by atoms with Gasteiger partial charge in [0.2, 0.25) is 5.91 Å². The third-order valence-electron chi connectivity index (χ3n) is 5.97. The number of aryl methyl sites for hydroxylation is 1. The van der Waals surface area contributed by atoms with E-state index in [1.54, 1.807) is 0 Å². The van der Waals surface area contributed by atoms with Crippen LogP contribution >= 0.6 is 11.6 Å². The molecule has 10 heteroatoms. The van der Waals surface area contributed by atoms with Gasteiger partial charge in [-0.15, -0.1) is 0 Å². The van der Waals surface area contributed by atoms with Crippen LogP contribution in [0, 0.1) is 5.82 Å². The Morgan fingerprint density at radius 1 is 1.03 bits per heavy atom. The van der Waals surface area contributed by atoms with Crippen molar-refractivity contribution in [2.45, 2.75) is 13.0 Å². The molecule has 3 heterocycles. The van der Waals surface area contributed by atoms with Gasteiger partial charge in [-0.05, 0) is 48.5 Å². The smallest absolute Gasteiger partial charge is 0.266 e. The first-order valence-electron chi connectivity index (χ1n) is 10.9. The van der Waals surface area contributed by atoms with Gasteiger partial charge in [-0.2, -0.15) is 0 Å². The van der Waals surface area contributed by atoms with E-state index < -0.39 is 0 Å². The fourth-order valence-corrected chi connectivity index (χ4v) is 4.21.